The topological polar surface area (TPSA) is 68.0 Å². The van der Waals surface area contributed by atoms with Crippen LogP contribution in [0.5, 0.6) is 0 Å². The summed E-state index contributed by atoms with van der Waals surface area (Å²) in [4.78, 5) is 21.9. The van der Waals surface area contributed by atoms with Crippen LogP contribution in [0.25, 0.3) is 22.5 Å². The number of amides is 1. The second-order valence-corrected chi connectivity index (χ2v) is 7.96. The van der Waals surface area contributed by atoms with Gasteiger partial charge >= 0.3 is 0 Å². The number of para-hydroxylation sites is 1. The zero-order valence-corrected chi connectivity index (χ0v) is 16.9. The third-order valence-corrected chi connectivity index (χ3v) is 5.63. The maximum atomic E-state index is 12.6. The molecule has 0 saturated carbocycles. The van der Waals surface area contributed by atoms with E-state index in [1.807, 2.05) is 61.5 Å². The summed E-state index contributed by atoms with van der Waals surface area (Å²) in [6.45, 7) is 2.50. The fraction of sp³-hybridized carbons (Fsp3) is 0.174. The Morgan fingerprint density at radius 3 is 2.62 bits per heavy atom. The molecule has 2 heterocycles. The molecule has 1 atom stereocenters. The Morgan fingerprint density at radius 2 is 1.83 bits per heavy atom. The van der Waals surface area contributed by atoms with Crippen molar-refractivity contribution in [3.05, 3.63) is 78.6 Å². The number of fused-ring (bicyclic) bond motifs is 1. The molecule has 146 valence electrons. The third-order valence-electron chi connectivity index (χ3n) is 4.52. The second-order valence-electron chi connectivity index (χ2n) is 6.63. The zero-order chi connectivity index (χ0) is 20.1. The van der Waals surface area contributed by atoms with E-state index in [0.29, 0.717) is 18.1 Å². The van der Waals surface area contributed by atoms with Crippen LogP contribution in [0.1, 0.15) is 12.5 Å². The van der Waals surface area contributed by atoms with Gasteiger partial charge in [-0.1, -0.05) is 60.3 Å². The van der Waals surface area contributed by atoms with E-state index in [2.05, 4.69) is 27.4 Å². The first-order valence-corrected chi connectivity index (χ1v) is 10.4. The number of thioether (sulfide) groups is 1. The van der Waals surface area contributed by atoms with Crippen molar-refractivity contribution in [1.29, 1.82) is 0 Å². The van der Waals surface area contributed by atoms with E-state index >= 15 is 0 Å². The molecule has 4 aromatic rings. The van der Waals surface area contributed by atoms with Crippen molar-refractivity contribution in [1.82, 2.24) is 15.3 Å². The van der Waals surface area contributed by atoms with Crippen LogP contribution in [-0.4, -0.2) is 27.7 Å². The summed E-state index contributed by atoms with van der Waals surface area (Å²) in [7, 11) is 0. The number of hydrogen-bond donors (Lipinski definition) is 1. The summed E-state index contributed by atoms with van der Waals surface area (Å²) >= 11 is 1.43. The zero-order valence-electron chi connectivity index (χ0n) is 16.0. The maximum Gasteiger partial charge on any atom is 0.233 e. The minimum Gasteiger partial charge on any atom is -0.461 e. The number of aromatic nitrogens is 2. The molecule has 0 bridgehead atoms. The minimum absolute atomic E-state index is 0.00632. The minimum atomic E-state index is -0.284. The number of rotatable bonds is 7. The molecule has 2 aromatic heterocycles. The van der Waals surface area contributed by atoms with Crippen LogP contribution in [0.2, 0.25) is 0 Å². The number of nitrogens with one attached hydrogen (secondary N) is 1. The first-order chi connectivity index (χ1) is 14.2. The number of furan rings is 1. The van der Waals surface area contributed by atoms with Gasteiger partial charge in [-0.05, 0) is 37.1 Å². The van der Waals surface area contributed by atoms with Crippen LogP contribution >= 0.6 is 11.8 Å². The van der Waals surface area contributed by atoms with Crippen LogP contribution in [0.15, 0.2) is 82.4 Å². The van der Waals surface area contributed by atoms with Gasteiger partial charge in [0.1, 0.15) is 5.03 Å². The maximum absolute atomic E-state index is 12.6. The predicted molar refractivity (Wildman–Crippen MR) is 116 cm³/mol. The first kappa shape index (κ1) is 19.2. The van der Waals surface area contributed by atoms with Gasteiger partial charge < -0.3 is 9.73 Å². The van der Waals surface area contributed by atoms with Crippen LogP contribution in [0.4, 0.5) is 0 Å². The van der Waals surface area contributed by atoms with Gasteiger partial charge in [0.05, 0.1) is 17.0 Å². The number of carbonyl (C=O) groups is 1. The molecule has 1 amide bonds. The molecule has 0 aliphatic heterocycles. The molecule has 2 aromatic carbocycles. The van der Waals surface area contributed by atoms with E-state index in [1.165, 1.54) is 17.3 Å². The standard InChI is InChI=1S/C23H21N3O2S/c1-16(22(27)24-14-13-17-8-3-2-4-9-17)29-23-18-10-5-6-11-19(18)25-21(26-23)20-12-7-15-28-20/h2-12,15-16H,13-14H2,1H3,(H,24,27)/t16-/m1/s1. The van der Waals surface area contributed by atoms with Crippen LogP contribution in [0, 0.1) is 0 Å². The van der Waals surface area contributed by atoms with Crippen molar-refractivity contribution >= 4 is 28.6 Å². The normalized spacial score (nSPS) is 12.0. The molecule has 0 radical (unpaired) electrons. The van der Waals surface area contributed by atoms with Crippen molar-refractivity contribution in [3.8, 4) is 11.6 Å². The lowest BCUT2D eigenvalue weighted by atomic mass is 10.1. The van der Waals surface area contributed by atoms with Gasteiger partial charge in [-0.2, -0.15) is 0 Å². The monoisotopic (exact) mass is 403 g/mol. The van der Waals surface area contributed by atoms with Crippen molar-refractivity contribution in [3.63, 3.8) is 0 Å². The van der Waals surface area contributed by atoms with Crippen molar-refractivity contribution in [2.24, 2.45) is 0 Å². The van der Waals surface area contributed by atoms with E-state index in [9.17, 15) is 4.79 Å². The van der Waals surface area contributed by atoms with Crippen molar-refractivity contribution in [2.45, 2.75) is 23.6 Å². The summed E-state index contributed by atoms with van der Waals surface area (Å²) in [5.74, 6) is 1.12. The summed E-state index contributed by atoms with van der Waals surface area (Å²) in [5, 5.41) is 4.43. The van der Waals surface area contributed by atoms with E-state index in [1.54, 1.807) is 6.26 Å². The highest BCUT2D eigenvalue weighted by Gasteiger charge is 2.18. The predicted octanol–water partition coefficient (Wildman–Crippen LogP) is 4.73. The van der Waals surface area contributed by atoms with Gasteiger partial charge in [0.15, 0.2) is 11.6 Å². The van der Waals surface area contributed by atoms with Gasteiger partial charge in [0.2, 0.25) is 5.91 Å². The molecular weight excluding hydrogens is 382 g/mol. The molecule has 0 unspecified atom stereocenters. The fourth-order valence-corrected chi connectivity index (χ4v) is 3.96. The molecule has 4 rings (SSSR count). The Morgan fingerprint density at radius 1 is 1.03 bits per heavy atom. The Labute approximate surface area is 173 Å². The van der Waals surface area contributed by atoms with E-state index in [0.717, 1.165) is 22.3 Å². The van der Waals surface area contributed by atoms with Gasteiger partial charge in [0, 0.05) is 11.9 Å². The van der Waals surface area contributed by atoms with Crippen LogP contribution in [-0.2, 0) is 11.2 Å². The Bertz CT molecular complexity index is 1100. The highest BCUT2D eigenvalue weighted by Crippen LogP contribution is 2.31. The first-order valence-electron chi connectivity index (χ1n) is 9.49. The lowest BCUT2D eigenvalue weighted by Crippen LogP contribution is -2.32. The van der Waals surface area contributed by atoms with Gasteiger partial charge in [-0.15, -0.1) is 0 Å². The van der Waals surface area contributed by atoms with E-state index < -0.39 is 0 Å². The molecule has 6 heteroatoms. The molecule has 1 N–H and O–H groups in total. The van der Waals surface area contributed by atoms with E-state index in [4.69, 9.17) is 4.42 Å². The molecule has 29 heavy (non-hydrogen) atoms. The lowest BCUT2D eigenvalue weighted by Gasteiger charge is -2.13. The number of nitrogens with zero attached hydrogens (tertiary/aromatic N) is 2. The Hall–Kier alpha value is -3.12. The van der Waals surface area contributed by atoms with Crippen LogP contribution < -0.4 is 5.32 Å². The largest absolute Gasteiger partial charge is 0.461 e. The van der Waals surface area contributed by atoms with E-state index in [-0.39, 0.29) is 11.2 Å². The number of benzene rings is 2. The van der Waals surface area contributed by atoms with Gasteiger partial charge in [-0.25, -0.2) is 9.97 Å². The van der Waals surface area contributed by atoms with Crippen molar-refractivity contribution < 1.29 is 9.21 Å². The second kappa shape index (κ2) is 8.92. The average molecular weight is 404 g/mol. The molecule has 0 fully saturated rings. The third kappa shape index (κ3) is 4.66. The number of carbonyl (C=O) groups excluding carboxylic acids is 1. The summed E-state index contributed by atoms with van der Waals surface area (Å²) in [5.41, 5.74) is 2.03. The average Bonchev–Trinajstić information content (AvgIpc) is 3.29. The molecule has 5 nitrogen and oxygen atoms in total. The quantitative estimate of drug-likeness (QED) is 0.357. The van der Waals surface area contributed by atoms with Crippen molar-refractivity contribution in [2.75, 3.05) is 6.54 Å². The Balaban J connectivity index is 1.48. The number of hydrogen-bond acceptors (Lipinski definition) is 5. The molecule has 0 aliphatic carbocycles. The summed E-state index contributed by atoms with van der Waals surface area (Å²) in [6.07, 6.45) is 2.41. The molecule has 0 aliphatic rings. The summed E-state index contributed by atoms with van der Waals surface area (Å²) < 4.78 is 5.46. The SMILES string of the molecule is C[C@@H](Sc1nc(-c2ccco2)nc2ccccc12)C(=O)NCCc1ccccc1. The highest BCUT2D eigenvalue weighted by molar-refractivity contribution is 8.00. The van der Waals surface area contributed by atoms with Gasteiger partial charge in [0.25, 0.3) is 0 Å². The lowest BCUT2D eigenvalue weighted by molar-refractivity contribution is -0.120. The fourth-order valence-electron chi connectivity index (χ4n) is 2.99. The molecule has 0 saturated heterocycles. The van der Waals surface area contributed by atoms with Gasteiger partial charge in [-0.3, -0.25) is 4.79 Å². The van der Waals surface area contributed by atoms with Crippen LogP contribution in [0.3, 0.4) is 0 Å². The molecular formula is C23H21N3O2S. The highest BCUT2D eigenvalue weighted by atomic mass is 32.2. The summed E-state index contributed by atoms with van der Waals surface area (Å²) in [6, 6.07) is 21.6. The molecule has 0 spiro atoms. The smallest absolute Gasteiger partial charge is 0.233 e. The Kier molecular flexibility index (Phi) is 5.91.